The molecule has 1 unspecified atom stereocenters. The van der Waals surface area contributed by atoms with E-state index in [1.54, 1.807) is 18.5 Å². The van der Waals surface area contributed by atoms with E-state index >= 15 is 0 Å². The third-order valence-corrected chi connectivity index (χ3v) is 4.40. The summed E-state index contributed by atoms with van der Waals surface area (Å²) < 4.78 is 0. The van der Waals surface area contributed by atoms with Crippen LogP contribution in [0.25, 0.3) is 0 Å². The van der Waals surface area contributed by atoms with Crippen molar-refractivity contribution in [2.45, 2.75) is 32.1 Å². The van der Waals surface area contributed by atoms with E-state index in [0.29, 0.717) is 5.56 Å². The van der Waals surface area contributed by atoms with Crippen LogP contribution in [0.3, 0.4) is 0 Å². The van der Waals surface area contributed by atoms with Crippen LogP contribution in [-0.4, -0.2) is 34.1 Å². The summed E-state index contributed by atoms with van der Waals surface area (Å²) in [5.41, 5.74) is 2.51. The van der Waals surface area contributed by atoms with Gasteiger partial charge in [0, 0.05) is 30.8 Å². The van der Waals surface area contributed by atoms with Gasteiger partial charge in [0.1, 0.15) is 12.1 Å². The van der Waals surface area contributed by atoms with Crippen LogP contribution in [0.2, 0.25) is 0 Å². The Balaban J connectivity index is 1.83. The third-order valence-electron chi connectivity index (χ3n) is 4.40. The van der Waals surface area contributed by atoms with Crippen LogP contribution in [0.1, 0.15) is 47.2 Å². The van der Waals surface area contributed by atoms with Crippen molar-refractivity contribution in [1.29, 1.82) is 0 Å². The van der Waals surface area contributed by atoms with E-state index in [-0.39, 0.29) is 5.92 Å². The first-order chi connectivity index (χ1) is 11.2. The number of benzene rings is 1. The number of nitrogens with zero attached hydrogens (tertiary/aromatic N) is 3. The summed E-state index contributed by atoms with van der Waals surface area (Å²) in [5.74, 6) is 0.372. The number of aromatic nitrogens is 2. The van der Waals surface area contributed by atoms with E-state index in [2.05, 4.69) is 21.8 Å². The van der Waals surface area contributed by atoms with Gasteiger partial charge in [-0.15, -0.1) is 0 Å². The zero-order valence-electron chi connectivity index (χ0n) is 13.3. The molecule has 5 nitrogen and oxygen atoms in total. The van der Waals surface area contributed by atoms with E-state index in [1.165, 1.54) is 5.56 Å². The monoisotopic (exact) mass is 311 g/mol. The first kappa shape index (κ1) is 15.5. The van der Waals surface area contributed by atoms with Crippen LogP contribution in [0, 0.1) is 0 Å². The number of hydrogen-bond donors (Lipinski definition) is 1. The fourth-order valence-corrected chi connectivity index (χ4v) is 3.34. The highest BCUT2D eigenvalue weighted by atomic mass is 16.4. The molecule has 0 spiro atoms. The van der Waals surface area contributed by atoms with E-state index < -0.39 is 5.97 Å². The van der Waals surface area contributed by atoms with Gasteiger partial charge < -0.3 is 10.0 Å². The van der Waals surface area contributed by atoms with Crippen molar-refractivity contribution in [3.8, 4) is 0 Å². The fraction of sp³-hybridized carbons (Fsp3) is 0.389. The van der Waals surface area contributed by atoms with E-state index in [0.717, 1.165) is 43.7 Å². The van der Waals surface area contributed by atoms with Gasteiger partial charge in [0.2, 0.25) is 0 Å². The minimum absolute atomic E-state index is 0.228. The van der Waals surface area contributed by atoms with Gasteiger partial charge in [0.05, 0.1) is 5.56 Å². The first-order valence-electron chi connectivity index (χ1n) is 8.06. The Morgan fingerprint density at radius 3 is 3.00 bits per heavy atom. The van der Waals surface area contributed by atoms with E-state index in [9.17, 15) is 9.90 Å². The lowest BCUT2D eigenvalue weighted by molar-refractivity contribution is 0.0695. The average molecular weight is 311 g/mol. The topological polar surface area (TPSA) is 66.3 Å². The number of rotatable bonds is 5. The van der Waals surface area contributed by atoms with Crippen LogP contribution in [0.4, 0.5) is 5.82 Å². The minimum atomic E-state index is -0.854. The average Bonchev–Trinajstić information content (AvgIpc) is 3.05. The van der Waals surface area contributed by atoms with Gasteiger partial charge in [0.25, 0.3) is 0 Å². The summed E-state index contributed by atoms with van der Waals surface area (Å²) in [5, 5.41) is 9.39. The maximum atomic E-state index is 11.4. The van der Waals surface area contributed by atoms with Crippen molar-refractivity contribution in [2.24, 2.45) is 0 Å². The summed E-state index contributed by atoms with van der Waals surface area (Å²) in [4.78, 5) is 22.3. The number of carboxylic acids is 1. The van der Waals surface area contributed by atoms with Crippen molar-refractivity contribution in [3.63, 3.8) is 0 Å². The highest BCUT2D eigenvalue weighted by Crippen LogP contribution is 2.33. The van der Waals surface area contributed by atoms with Crippen LogP contribution in [0.5, 0.6) is 0 Å². The zero-order chi connectivity index (χ0) is 16.2. The van der Waals surface area contributed by atoms with Crippen molar-refractivity contribution < 1.29 is 9.90 Å². The molecule has 1 atom stereocenters. The number of carboxylic acid groups (broad SMARTS) is 1. The summed E-state index contributed by atoms with van der Waals surface area (Å²) >= 11 is 0. The van der Waals surface area contributed by atoms with Crippen LogP contribution in [-0.2, 0) is 6.42 Å². The molecule has 1 saturated heterocycles. The predicted molar refractivity (Wildman–Crippen MR) is 89.0 cm³/mol. The molecule has 3 rings (SSSR count). The highest BCUT2D eigenvalue weighted by molar-refractivity contribution is 5.89. The second kappa shape index (κ2) is 6.77. The Morgan fingerprint density at radius 1 is 1.39 bits per heavy atom. The summed E-state index contributed by atoms with van der Waals surface area (Å²) in [6.07, 6.45) is 6.44. The maximum absolute atomic E-state index is 11.4. The highest BCUT2D eigenvalue weighted by Gasteiger charge is 2.28. The smallest absolute Gasteiger partial charge is 0.335 e. The molecule has 2 aromatic rings. The molecule has 0 amide bonds. The lowest BCUT2D eigenvalue weighted by atomic mass is 9.93. The normalized spacial score (nSPS) is 17.4. The van der Waals surface area contributed by atoms with Gasteiger partial charge >= 0.3 is 5.97 Å². The first-order valence-corrected chi connectivity index (χ1v) is 8.06. The van der Waals surface area contributed by atoms with Gasteiger partial charge in [-0.3, -0.25) is 0 Å². The second-order valence-electron chi connectivity index (χ2n) is 5.95. The molecule has 120 valence electrons. The molecule has 1 N–H and O–H groups in total. The molecule has 23 heavy (non-hydrogen) atoms. The van der Waals surface area contributed by atoms with Gasteiger partial charge in [-0.25, -0.2) is 14.8 Å². The molecular weight excluding hydrogens is 290 g/mol. The lowest BCUT2D eigenvalue weighted by Crippen LogP contribution is -2.22. The lowest BCUT2D eigenvalue weighted by Gasteiger charge is -2.20. The molecule has 1 fully saturated rings. The van der Waals surface area contributed by atoms with Crippen molar-refractivity contribution >= 4 is 11.8 Å². The van der Waals surface area contributed by atoms with Crippen LogP contribution < -0.4 is 4.90 Å². The minimum Gasteiger partial charge on any atom is -0.478 e. The number of anilines is 1. The molecule has 1 aliphatic rings. The zero-order valence-corrected chi connectivity index (χ0v) is 13.3. The van der Waals surface area contributed by atoms with Crippen molar-refractivity contribution in [1.82, 2.24) is 9.97 Å². The number of aryl methyl sites for hydroxylation is 1. The molecule has 0 bridgehead atoms. The summed E-state index contributed by atoms with van der Waals surface area (Å²) in [6, 6.07) is 7.32. The second-order valence-corrected chi connectivity index (χ2v) is 5.95. The Kier molecular flexibility index (Phi) is 4.55. The summed E-state index contributed by atoms with van der Waals surface area (Å²) in [6.45, 7) is 3.84. The van der Waals surface area contributed by atoms with Crippen molar-refractivity contribution in [2.75, 3.05) is 18.0 Å². The molecule has 0 radical (unpaired) electrons. The summed E-state index contributed by atoms with van der Waals surface area (Å²) in [7, 11) is 0. The Hall–Kier alpha value is -2.43. The standard InChI is InChI=1S/C18H21N3O2/c1-2-5-13-10-19-12-20-17(13)21-9-8-14(11-21)15-6-3-4-7-16(15)18(22)23/h3-4,6-7,10,12,14H,2,5,8-9,11H2,1H3,(H,22,23). The largest absolute Gasteiger partial charge is 0.478 e. The predicted octanol–water partition coefficient (Wildman–Crippen LogP) is 3.12. The number of carbonyl (C=O) groups is 1. The molecular formula is C18H21N3O2. The Morgan fingerprint density at radius 2 is 2.22 bits per heavy atom. The number of aromatic carboxylic acids is 1. The number of hydrogen-bond acceptors (Lipinski definition) is 4. The van der Waals surface area contributed by atoms with Gasteiger partial charge in [-0.05, 0) is 24.5 Å². The van der Waals surface area contributed by atoms with E-state index in [4.69, 9.17) is 0 Å². The van der Waals surface area contributed by atoms with Crippen LogP contribution in [0.15, 0.2) is 36.8 Å². The molecule has 1 aromatic heterocycles. The van der Waals surface area contributed by atoms with Gasteiger partial charge in [-0.2, -0.15) is 0 Å². The van der Waals surface area contributed by atoms with Crippen LogP contribution >= 0.6 is 0 Å². The van der Waals surface area contributed by atoms with Gasteiger partial charge in [0.15, 0.2) is 0 Å². The van der Waals surface area contributed by atoms with Gasteiger partial charge in [-0.1, -0.05) is 31.5 Å². The molecule has 0 aliphatic carbocycles. The maximum Gasteiger partial charge on any atom is 0.335 e. The molecule has 1 aromatic carbocycles. The SMILES string of the molecule is CCCc1cncnc1N1CCC(c2ccccc2C(=O)O)C1. The molecule has 2 heterocycles. The quantitative estimate of drug-likeness (QED) is 0.919. The molecule has 5 heteroatoms. The van der Waals surface area contributed by atoms with E-state index in [1.807, 2.05) is 18.3 Å². The Bertz CT molecular complexity index is 702. The fourth-order valence-electron chi connectivity index (χ4n) is 3.34. The molecule has 0 saturated carbocycles. The van der Waals surface area contributed by atoms with Crippen molar-refractivity contribution in [3.05, 3.63) is 53.5 Å². The third kappa shape index (κ3) is 3.18. The Labute approximate surface area is 136 Å². The molecule has 1 aliphatic heterocycles.